The average Bonchev–Trinajstić information content (AvgIpc) is 3.45. The predicted molar refractivity (Wildman–Crippen MR) is 118 cm³/mol. The van der Waals surface area contributed by atoms with E-state index in [1.165, 1.54) is 19.3 Å². The minimum absolute atomic E-state index is 0.156. The van der Waals surface area contributed by atoms with Gasteiger partial charge in [0.25, 0.3) is 0 Å². The molecule has 0 spiro atoms. The highest BCUT2D eigenvalue weighted by atomic mass is 32.2. The Labute approximate surface area is 186 Å². The predicted octanol–water partition coefficient (Wildman–Crippen LogP) is 2.05. The Morgan fingerprint density at radius 1 is 1.06 bits per heavy atom. The summed E-state index contributed by atoms with van der Waals surface area (Å²) in [5.41, 5.74) is 3.76. The Kier molecular flexibility index (Phi) is 5.93. The van der Waals surface area contributed by atoms with E-state index in [1.807, 2.05) is 36.5 Å². The maximum absolute atomic E-state index is 11.1. The van der Waals surface area contributed by atoms with Gasteiger partial charge in [0.05, 0.1) is 18.4 Å². The van der Waals surface area contributed by atoms with Gasteiger partial charge in [0.2, 0.25) is 22.6 Å². The Bertz CT molecular complexity index is 1270. The summed E-state index contributed by atoms with van der Waals surface area (Å²) in [6.07, 6.45) is 7.17. The molecule has 0 atom stereocenters. The number of imidazole rings is 1. The van der Waals surface area contributed by atoms with Gasteiger partial charge in [-0.2, -0.15) is 10.1 Å². The van der Waals surface area contributed by atoms with Gasteiger partial charge >= 0.3 is 0 Å². The summed E-state index contributed by atoms with van der Waals surface area (Å²) < 4.78 is 31.8. The third-order valence-electron chi connectivity index (χ3n) is 5.47. The number of nitrogens with one attached hydrogen (secondary N) is 1. The van der Waals surface area contributed by atoms with Crippen LogP contribution in [0.25, 0.3) is 28.3 Å². The molecule has 0 aliphatic carbocycles. The van der Waals surface area contributed by atoms with E-state index in [1.54, 1.807) is 10.7 Å². The van der Waals surface area contributed by atoms with Crippen LogP contribution in [0.2, 0.25) is 0 Å². The molecule has 0 unspecified atom stereocenters. The second-order valence-electron chi connectivity index (χ2n) is 7.81. The first-order valence-corrected chi connectivity index (χ1v) is 11.7. The molecular weight excluding hydrogens is 430 g/mol. The molecule has 1 saturated heterocycles. The molecule has 166 valence electrons. The standard InChI is InChI=1S/C21H23N7O3S/c29-32(30)23-12-15-9-16(18-13-28-19(24-18)5-4-6-22-28)11-17(10-15)21-25-20(31-26-21)14-27-7-2-1-3-8-27/h4-6,9-11,13,32H,1-3,7-8,12,14H2,(H,23,29,30). The summed E-state index contributed by atoms with van der Waals surface area (Å²) in [5.74, 6) is 1.04. The summed E-state index contributed by atoms with van der Waals surface area (Å²) >= 11 is 0. The lowest BCUT2D eigenvalue weighted by molar-refractivity contribution is 0.193. The SMILES string of the molecule is O=[SH](=O)NCc1cc(-c2cn3ncccc3n2)cc(-c2noc(CN3CCCCC3)n2)c1. The number of aromatic nitrogens is 5. The molecule has 5 rings (SSSR count). The molecule has 11 heteroatoms. The lowest BCUT2D eigenvalue weighted by Gasteiger charge is -2.24. The highest BCUT2D eigenvalue weighted by Gasteiger charge is 2.17. The average molecular weight is 454 g/mol. The molecule has 1 N–H and O–H groups in total. The summed E-state index contributed by atoms with van der Waals surface area (Å²) in [4.78, 5) is 11.5. The largest absolute Gasteiger partial charge is 0.338 e. The van der Waals surface area contributed by atoms with Crippen LogP contribution in [0.1, 0.15) is 30.7 Å². The minimum atomic E-state index is -2.71. The molecule has 32 heavy (non-hydrogen) atoms. The van der Waals surface area contributed by atoms with E-state index >= 15 is 0 Å². The summed E-state index contributed by atoms with van der Waals surface area (Å²) in [7, 11) is -2.71. The molecule has 0 amide bonds. The van der Waals surface area contributed by atoms with E-state index in [4.69, 9.17) is 4.52 Å². The van der Waals surface area contributed by atoms with Crippen LogP contribution in [0.5, 0.6) is 0 Å². The maximum Gasteiger partial charge on any atom is 0.241 e. The second kappa shape index (κ2) is 9.15. The van der Waals surface area contributed by atoms with E-state index in [2.05, 4.69) is 29.8 Å². The van der Waals surface area contributed by atoms with Gasteiger partial charge in [-0.3, -0.25) is 4.90 Å². The van der Waals surface area contributed by atoms with Gasteiger partial charge in [0.1, 0.15) is 0 Å². The van der Waals surface area contributed by atoms with Gasteiger partial charge in [-0.05, 0) is 61.8 Å². The third kappa shape index (κ3) is 4.69. The van der Waals surface area contributed by atoms with E-state index in [0.717, 1.165) is 41.1 Å². The number of thiol groups is 1. The van der Waals surface area contributed by atoms with Crippen LogP contribution in [0, 0.1) is 0 Å². The number of benzene rings is 1. The first kappa shape index (κ1) is 20.7. The fraction of sp³-hybridized carbons (Fsp3) is 0.333. The van der Waals surface area contributed by atoms with Crippen molar-refractivity contribution in [1.82, 2.24) is 34.4 Å². The molecule has 1 aromatic carbocycles. The van der Waals surface area contributed by atoms with Crippen LogP contribution in [-0.4, -0.2) is 51.1 Å². The first-order valence-electron chi connectivity index (χ1n) is 10.5. The highest BCUT2D eigenvalue weighted by molar-refractivity contribution is 7.70. The smallest absolute Gasteiger partial charge is 0.241 e. The number of likely N-dealkylation sites (tertiary alicyclic amines) is 1. The van der Waals surface area contributed by atoms with E-state index in [0.29, 0.717) is 18.3 Å². The Balaban J connectivity index is 1.48. The molecular formula is C21H23N7O3S. The van der Waals surface area contributed by atoms with Gasteiger partial charge in [-0.25, -0.2) is 22.6 Å². The minimum Gasteiger partial charge on any atom is -0.338 e. The van der Waals surface area contributed by atoms with Crippen molar-refractivity contribution in [1.29, 1.82) is 0 Å². The van der Waals surface area contributed by atoms with Crippen molar-refractivity contribution >= 4 is 16.5 Å². The number of hydrogen-bond acceptors (Lipinski definition) is 8. The van der Waals surface area contributed by atoms with Gasteiger partial charge < -0.3 is 4.52 Å². The number of nitrogens with zero attached hydrogens (tertiary/aromatic N) is 6. The van der Waals surface area contributed by atoms with Crippen molar-refractivity contribution in [2.75, 3.05) is 13.1 Å². The summed E-state index contributed by atoms with van der Waals surface area (Å²) in [6.45, 7) is 2.87. The number of piperidine rings is 1. The van der Waals surface area contributed by atoms with Crippen LogP contribution in [0.4, 0.5) is 0 Å². The number of hydrogen-bond donors (Lipinski definition) is 2. The van der Waals surface area contributed by atoms with Crippen molar-refractivity contribution in [3.05, 3.63) is 54.2 Å². The van der Waals surface area contributed by atoms with E-state index < -0.39 is 10.9 Å². The Morgan fingerprint density at radius 2 is 1.91 bits per heavy atom. The van der Waals surface area contributed by atoms with Crippen molar-refractivity contribution in [2.24, 2.45) is 0 Å². The van der Waals surface area contributed by atoms with Crippen molar-refractivity contribution in [3.63, 3.8) is 0 Å². The molecule has 10 nitrogen and oxygen atoms in total. The van der Waals surface area contributed by atoms with E-state index in [9.17, 15) is 8.42 Å². The quantitative estimate of drug-likeness (QED) is 0.408. The Hall–Kier alpha value is -3.15. The summed E-state index contributed by atoms with van der Waals surface area (Å²) in [6, 6.07) is 9.38. The molecule has 0 saturated carbocycles. The van der Waals surface area contributed by atoms with Crippen LogP contribution in [-0.2, 0) is 24.0 Å². The number of rotatable bonds is 7. The lowest BCUT2D eigenvalue weighted by Crippen LogP contribution is -2.29. The number of fused-ring (bicyclic) bond motifs is 1. The fourth-order valence-corrected chi connectivity index (χ4v) is 4.25. The zero-order valence-corrected chi connectivity index (χ0v) is 18.2. The molecule has 1 fully saturated rings. The molecule has 1 aliphatic heterocycles. The molecule has 0 bridgehead atoms. The maximum atomic E-state index is 11.1. The van der Waals surface area contributed by atoms with Gasteiger partial charge in [-0.1, -0.05) is 11.6 Å². The zero-order chi connectivity index (χ0) is 21.9. The van der Waals surface area contributed by atoms with Gasteiger partial charge in [-0.15, -0.1) is 0 Å². The molecule has 1 aliphatic rings. The normalized spacial score (nSPS) is 15.0. The van der Waals surface area contributed by atoms with Crippen LogP contribution in [0.15, 0.2) is 47.2 Å². The zero-order valence-electron chi connectivity index (χ0n) is 17.3. The molecule has 3 aromatic heterocycles. The molecule has 4 aromatic rings. The fourth-order valence-electron chi connectivity index (χ4n) is 3.94. The summed E-state index contributed by atoms with van der Waals surface area (Å²) in [5, 5.41) is 8.44. The van der Waals surface area contributed by atoms with Crippen molar-refractivity contribution in [2.45, 2.75) is 32.4 Å². The lowest BCUT2D eigenvalue weighted by atomic mass is 10.0. The van der Waals surface area contributed by atoms with Crippen molar-refractivity contribution < 1.29 is 12.9 Å². The topological polar surface area (TPSA) is 119 Å². The molecule has 4 heterocycles. The first-order chi connectivity index (χ1) is 15.6. The monoisotopic (exact) mass is 453 g/mol. The van der Waals surface area contributed by atoms with Crippen LogP contribution < -0.4 is 4.72 Å². The van der Waals surface area contributed by atoms with Crippen LogP contribution in [0.3, 0.4) is 0 Å². The van der Waals surface area contributed by atoms with E-state index in [-0.39, 0.29) is 6.54 Å². The second-order valence-corrected chi connectivity index (χ2v) is 8.64. The third-order valence-corrected chi connectivity index (χ3v) is 5.89. The highest BCUT2D eigenvalue weighted by Crippen LogP contribution is 2.27. The van der Waals surface area contributed by atoms with Gasteiger partial charge in [0, 0.05) is 23.9 Å². The van der Waals surface area contributed by atoms with Crippen molar-refractivity contribution in [3.8, 4) is 22.6 Å². The van der Waals surface area contributed by atoms with Crippen LogP contribution >= 0.6 is 0 Å². The molecule has 0 radical (unpaired) electrons. The Morgan fingerprint density at radius 3 is 2.72 bits per heavy atom. The van der Waals surface area contributed by atoms with Gasteiger partial charge in [0.15, 0.2) is 5.65 Å².